The summed E-state index contributed by atoms with van der Waals surface area (Å²) in [5.74, 6) is -0.423. The van der Waals surface area contributed by atoms with Crippen molar-refractivity contribution in [1.29, 1.82) is 0 Å². The van der Waals surface area contributed by atoms with Gasteiger partial charge in [0.25, 0.3) is 0 Å². The highest BCUT2D eigenvalue weighted by Gasteiger charge is 2.28. The average Bonchev–Trinajstić information content (AvgIpc) is 2.84. The molecule has 0 aliphatic heterocycles. The van der Waals surface area contributed by atoms with Crippen molar-refractivity contribution in [2.75, 3.05) is 19.8 Å². The van der Waals surface area contributed by atoms with E-state index in [1.165, 1.54) is 44.9 Å². The van der Waals surface area contributed by atoms with Crippen LogP contribution in [0.1, 0.15) is 123 Å². The normalized spacial score (nSPS) is 15.8. The minimum Gasteiger partial charge on any atom is -0.393 e. The topological polar surface area (TPSA) is 151 Å². The van der Waals surface area contributed by atoms with Crippen LogP contribution >= 0.6 is 7.82 Å². The number of amides is 1. The molecule has 0 heterocycles. The fourth-order valence-electron chi connectivity index (χ4n) is 4.06. The van der Waals surface area contributed by atoms with Crippen LogP contribution in [0.25, 0.3) is 0 Å². The molecule has 0 aliphatic carbocycles. The van der Waals surface area contributed by atoms with E-state index >= 15 is 0 Å². The highest BCUT2D eigenvalue weighted by molar-refractivity contribution is 7.47. The molecule has 216 valence electrons. The zero-order valence-electron chi connectivity index (χ0n) is 22.9. The fourth-order valence-corrected chi connectivity index (χ4v) is 4.82. The van der Waals surface area contributed by atoms with Crippen molar-refractivity contribution in [3.05, 3.63) is 0 Å². The zero-order chi connectivity index (χ0) is 27.1. The Morgan fingerprint density at radius 3 is 1.86 bits per heavy atom. The Kier molecular flexibility index (Phi) is 23.2. The van der Waals surface area contributed by atoms with Crippen molar-refractivity contribution in [1.82, 2.24) is 5.32 Å². The van der Waals surface area contributed by atoms with E-state index in [0.29, 0.717) is 12.8 Å². The third kappa shape index (κ3) is 21.5. The van der Waals surface area contributed by atoms with E-state index in [4.69, 9.17) is 14.8 Å². The van der Waals surface area contributed by atoms with Gasteiger partial charge in [0, 0.05) is 6.54 Å². The maximum atomic E-state index is 12.5. The minimum absolute atomic E-state index is 0.0611. The molecule has 0 rings (SSSR count). The van der Waals surface area contributed by atoms with E-state index in [1.54, 1.807) is 0 Å². The molecule has 0 fully saturated rings. The van der Waals surface area contributed by atoms with E-state index in [0.717, 1.165) is 44.9 Å². The van der Waals surface area contributed by atoms with E-state index < -0.39 is 32.0 Å². The van der Waals surface area contributed by atoms with Crippen LogP contribution in [0.5, 0.6) is 0 Å². The van der Waals surface area contributed by atoms with Crippen molar-refractivity contribution in [3.8, 4) is 0 Å². The number of carbonyl (C=O) groups excluding carboxylic acids is 1. The Labute approximate surface area is 219 Å². The number of hydrogen-bond acceptors (Lipinski definition) is 7. The molecular formula is C26H55N2O7P. The maximum absolute atomic E-state index is 12.5. The predicted molar refractivity (Wildman–Crippen MR) is 145 cm³/mol. The van der Waals surface area contributed by atoms with Gasteiger partial charge in [0.05, 0.1) is 37.9 Å². The molecule has 9 nitrogen and oxygen atoms in total. The SMILES string of the molecule is CCCCCCCCCC(O)CC(=O)NC(COP(=O)(O)OCCN)C(O)CCCCCCCCC. The molecule has 0 spiro atoms. The first-order valence-electron chi connectivity index (χ1n) is 14.2. The van der Waals surface area contributed by atoms with Gasteiger partial charge in [0.15, 0.2) is 0 Å². The summed E-state index contributed by atoms with van der Waals surface area (Å²) < 4.78 is 21.7. The first kappa shape index (κ1) is 35.5. The Bertz CT molecular complexity index is 568. The number of phosphoric ester groups is 1. The third-order valence-electron chi connectivity index (χ3n) is 6.27. The number of nitrogens with two attached hydrogens (primary N) is 1. The maximum Gasteiger partial charge on any atom is 0.472 e. The Morgan fingerprint density at radius 1 is 0.833 bits per heavy atom. The average molecular weight is 539 g/mol. The molecule has 0 aliphatic rings. The summed E-state index contributed by atoms with van der Waals surface area (Å²) in [5.41, 5.74) is 5.30. The molecule has 10 heteroatoms. The first-order chi connectivity index (χ1) is 17.3. The van der Waals surface area contributed by atoms with E-state index in [2.05, 4.69) is 19.2 Å². The molecule has 0 radical (unpaired) electrons. The summed E-state index contributed by atoms with van der Waals surface area (Å²) in [4.78, 5) is 22.3. The van der Waals surface area contributed by atoms with Gasteiger partial charge < -0.3 is 26.2 Å². The van der Waals surface area contributed by atoms with Gasteiger partial charge in [-0.3, -0.25) is 13.8 Å². The molecule has 0 aromatic heterocycles. The second kappa shape index (κ2) is 23.6. The minimum atomic E-state index is -4.34. The van der Waals surface area contributed by atoms with Crippen LogP contribution in [-0.2, 0) is 18.4 Å². The van der Waals surface area contributed by atoms with Crippen LogP contribution in [0, 0.1) is 0 Å². The van der Waals surface area contributed by atoms with Gasteiger partial charge in [0.2, 0.25) is 5.91 Å². The first-order valence-corrected chi connectivity index (χ1v) is 15.7. The van der Waals surface area contributed by atoms with Crippen LogP contribution in [0.4, 0.5) is 0 Å². The molecule has 1 amide bonds. The van der Waals surface area contributed by atoms with Gasteiger partial charge in [0.1, 0.15) is 0 Å². The number of aliphatic hydroxyl groups excluding tert-OH is 2. The number of rotatable bonds is 26. The van der Waals surface area contributed by atoms with E-state index in [-0.39, 0.29) is 26.2 Å². The summed E-state index contributed by atoms with van der Waals surface area (Å²) in [6, 6.07) is -0.884. The smallest absolute Gasteiger partial charge is 0.393 e. The van der Waals surface area contributed by atoms with Gasteiger partial charge in [-0.2, -0.15) is 0 Å². The largest absolute Gasteiger partial charge is 0.472 e. The van der Waals surface area contributed by atoms with Crippen LogP contribution in [0.3, 0.4) is 0 Å². The molecule has 0 aromatic carbocycles. The van der Waals surface area contributed by atoms with Crippen molar-refractivity contribution in [2.24, 2.45) is 5.73 Å². The van der Waals surface area contributed by atoms with Crippen molar-refractivity contribution in [3.63, 3.8) is 0 Å². The van der Waals surface area contributed by atoms with E-state index in [1.807, 2.05) is 0 Å². The quantitative estimate of drug-likeness (QED) is 0.0766. The number of phosphoric acid groups is 1. The second-order valence-corrected chi connectivity index (χ2v) is 11.3. The summed E-state index contributed by atoms with van der Waals surface area (Å²) in [6.45, 7) is 3.90. The molecule has 4 atom stereocenters. The zero-order valence-corrected chi connectivity index (χ0v) is 23.8. The van der Waals surface area contributed by atoms with Gasteiger partial charge in [-0.15, -0.1) is 0 Å². The highest BCUT2D eigenvalue weighted by Crippen LogP contribution is 2.43. The summed E-state index contributed by atoms with van der Waals surface area (Å²) in [6.07, 6.45) is 14.7. The van der Waals surface area contributed by atoms with Gasteiger partial charge in [-0.1, -0.05) is 104 Å². The standard InChI is InChI=1S/C26H55N2O7P/c1-3-5-7-9-11-13-15-17-23(29)21-26(31)28-24(22-35-36(32,33)34-20-19-27)25(30)18-16-14-12-10-8-6-4-2/h23-25,29-30H,3-22,27H2,1-2H3,(H,28,31)(H,32,33). The summed E-state index contributed by atoms with van der Waals surface area (Å²) >= 11 is 0. The van der Waals surface area contributed by atoms with Crippen LogP contribution in [0.2, 0.25) is 0 Å². The Hall–Kier alpha value is -0.540. The number of nitrogens with one attached hydrogen (secondary N) is 1. The second-order valence-electron chi connectivity index (χ2n) is 9.81. The molecule has 4 unspecified atom stereocenters. The molecule has 0 saturated carbocycles. The lowest BCUT2D eigenvalue weighted by atomic mass is 10.0. The van der Waals surface area contributed by atoms with Gasteiger partial charge in [-0.05, 0) is 12.8 Å². The number of aliphatic hydroxyl groups is 2. The Balaban J connectivity index is 4.57. The lowest BCUT2D eigenvalue weighted by molar-refractivity contribution is -0.125. The van der Waals surface area contributed by atoms with Crippen LogP contribution in [0.15, 0.2) is 0 Å². The lowest BCUT2D eigenvalue weighted by Crippen LogP contribution is -2.47. The number of unbranched alkanes of at least 4 members (excludes halogenated alkanes) is 12. The van der Waals surface area contributed by atoms with Crippen LogP contribution in [-0.4, -0.2) is 59.0 Å². The third-order valence-corrected chi connectivity index (χ3v) is 7.25. The molecule has 6 N–H and O–H groups in total. The van der Waals surface area contributed by atoms with Gasteiger partial charge in [-0.25, -0.2) is 4.57 Å². The van der Waals surface area contributed by atoms with Crippen molar-refractivity contribution < 1.29 is 33.5 Å². The fraction of sp³-hybridized carbons (Fsp3) is 0.962. The van der Waals surface area contributed by atoms with Crippen LogP contribution < -0.4 is 11.1 Å². The number of hydrogen-bond donors (Lipinski definition) is 5. The van der Waals surface area contributed by atoms with Crippen molar-refractivity contribution in [2.45, 2.75) is 141 Å². The lowest BCUT2D eigenvalue weighted by Gasteiger charge is -2.25. The molecule has 36 heavy (non-hydrogen) atoms. The molecule has 0 bridgehead atoms. The Morgan fingerprint density at radius 2 is 1.33 bits per heavy atom. The molecular weight excluding hydrogens is 483 g/mol. The molecule has 0 aromatic rings. The summed E-state index contributed by atoms with van der Waals surface area (Å²) in [5, 5.41) is 23.6. The van der Waals surface area contributed by atoms with Crippen molar-refractivity contribution >= 4 is 13.7 Å². The summed E-state index contributed by atoms with van der Waals surface area (Å²) in [7, 11) is -4.34. The number of carbonyl (C=O) groups is 1. The predicted octanol–water partition coefficient (Wildman–Crippen LogP) is 4.96. The molecule has 0 saturated heterocycles. The van der Waals surface area contributed by atoms with E-state index in [9.17, 15) is 24.5 Å². The highest BCUT2D eigenvalue weighted by atomic mass is 31.2. The monoisotopic (exact) mass is 538 g/mol. The van der Waals surface area contributed by atoms with Gasteiger partial charge >= 0.3 is 7.82 Å².